The van der Waals surface area contributed by atoms with Gasteiger partial charge in [0.15, 0.2) is 5.65 Å². The first-order valence-electron chi connectivity index (χ1n) is 15.4. The maximum atomic E-state index is 12.4. The number of amides is 1. The molecule has 6 rings (SSSR count). The van der Waals surface area contributed by atoms with Crippen molar-refractivity contribution < 1.29 is 9.53 Å². The van der Waals surface area contributed by atoms with Crippen LogP contribution in [0.5, 0.6) is 0 Å². The summed E-state index contributed by atoms with van der Waals surface area (Å²) in [6.45, 7) is 11.2. The summed E-state index contributed by atoms with van der Waals surface area (Å²) in [4.78, 5) is 26.1. The second kappa shape index (κ2) is 12.2. The molecule has 226 valence electrons. The number of fused-ring (bicyclic) bond motifs is 1. The summed E-state index contributed by atoms with van der Waals surface area (Å²) in [5.74, 6) is 1.79. The number of anilines is 3. The lowest BCUT2D eigenvalue weighted by Crippen LogP contribution is -2.46. The van der Waals surface area contributed by atoms with Gasteiger partial charge in [0.1, 0.15) is 17.2 Å². The van der Waals surface area contributed by atoms with Crippen molar-refractivity contribution >= 4 is 29.1 Å². The Labute approximate surface area is 253 Å². The second-order valence-corrected chi connectivity index (χ2v) is 12.7. The molecule has 0 radical (unpaired) electrons. The first kappa shape index (κ1) is 28.9. The van der Waals surface area contributed by atoms with Crippen molar-refractivity contribution in [1.82, 2.24) is 29.8 Å². The Kier molecular flexibility index (Phi) is 8.21. The quantitative estimate of drug-likeness (QED) is 0.273. The maximum absolute atomic E-state index is 12.4. The molecule has 2 fully saturated rings. The molecule has 1 aromatic carbocycles. The minimum absolute atomic E-state index is 0.223. The Morgan fingerprint density at radius 1 is 1.05 bits per heavy atom. The third kappa shape index (κ3) is 6.91. The van der Waals surface area contributed by atoms with Gasteiger partial charge in [0.2, 0.25) is 0 Å². The third-order valence-corrected chi connectivity index (χ3v) is 8.17. The number of carbonyl (C=O) groups is 1. The van der Waals surface area contributed by atoms with Crippen LogP contribution in [0.3, 0.4) is 0 Å². The van der Waals surface area contributed by atoms with Gasteiger partial charge in [-0.15, -0.1) is 0 Å². The standard InChI is InChI=1S/C33H42N8O2/c1-23-8-7-16-40(23)30-12-6-11-29(37-30)36-28-21-27(38-41-19-15-34-31(28)41)25-10-5-9-24(20-25)22-35-26-13-17-39(18-14-26)32(42)43-33(2,3)4/h5-6,9-12,15,19-21,23,26,35H,7-8,13-14,16-18,22H2,1-4H3,(H,36,37). The van der Waals surface area contributed by atoms with E-state index in [4.69, 9.17) is 14.8 Å². The summed E-state index contributed by atoms with van der Waals surface area (Å²) in [7, 11) is 0. The minimum Gasteiger partial charge on any atom is -0.444 e. The van der Waals surface area contributed by atoms with Crippen LogP contribution >= 0.6 is 0 Å². The lowest BCUT2D eigenvalue weighted by atomic mass is 10.0. The highest BCUT2D eigenvalue weighted by Gasteiger charge is 2.27. The fourth-order valence-electron chi connectivity index (χ4n) is 5.91. The topological polar surface area (TPSA) is 99.9 Å². The summed E-state index contributed by atoms with van der Waals surface area (Å²) in [5.41, 5.74) is 4.20. The number of rotatable bonds is 7. The van der Waals surface area contributed by atoms with E-state index in [0.717, 1.165) is 60.2 Å². The van der Waals surface area contributed by atoms with Crippen LogP contribution in [0, 0.1) is 0 Å². The molecule has 43 heavy (non-hydrogen) atoms. The van der Waals surface area contributed by atoms with Crippen LogP contribution in [0.25, 0.3) is 16.9 Å². The van der Waals surface area contributed by atoms with Gasteiger partial charge >= 0.3 is 6.09 Å². The number of nitrogens with zero attached hydrogens (tertiary/aromatic N) is 6. The molecule has 2 saturated heterocycles. The molecule has 10 heteroatoms. The van der Waals surface area contributed by atoms with Crippen LogP contribution in [0.1, 0.15) is 58.9 Å². The molecule has 2 aliphatic rings. The highest BCUT2D eigenvalue weighted by Crippen LogP contribution is 2.29. The van der Waals surface area contributed by atoms with Crippen LogP contribution in [0.2, 0.25) is 0 Å². The lowest BCUT2D eigenvalue weighted by Gasteiger charge is -2.33. The maximum Gasteiger partial charge on any atom is 0.410 e. The van der Waals surface area contributed by atoms with Gasteiger partial charge in [-0.2, -0.15) is 5.10 Å². The van der Waals surface area contributed by atoms with Gasteiger partial charge in [0, 0.05) is 56.2 Å². The van der Waals surface area contributed by atoms with E-state index in [2.05, 4.69) is 63.8 Å². The molecule has 5 heterocycles. The van der Waals surface area contributed by atoms with Gasteiger partial charge in [-0.1, -0.05) is 24.3 Å². The molecule has 0 aliphatic carbocycles. The summed E-state index contributed by atoms with van der Waals surface area (Å²) in [6.07, 6.45) is 7.61. The first-order chi connectivity index (χ1) is 20.7. The number of piperidine rings is 1. The molecule has 0 spiro atoms. The molecular formula is C33H42N8O2. The number of pyridine rings is 1. The Balaban J connectivity index is 1.13. The van der Waals surface area contributed by atoms with Gasteiger partial charge in [-0.05, 0) is 83.2 Å². The van der Waals surface area contributed by atoms with E-state index >= 15 is 0 Å². The zero-order chi connectivity index (χ0) is 30.0. The number of nitrogens with one attached hydrogen (secondary N) is 2. The van der Waals surface area contributed by atoms with Gasteiger partial charge in [0.05, 0.1) is 11.4 Å². The van der Waals surface area contributed by atoms with E-state index in [0.29, 0.717) is 25.2 Å². The van der Waals surface area contributed by atoms with Crippen molar-refractivity contribution in [3.05, 3.63) is 66.5 Å². The minimum atomic E-state index is -0.473. The Morgan fingerprint density at radius 3 is 2.63 bits per heavy atom. The zero-order valence-electron chi connectivity index (χ0n) is 25.6. The molecule has 1 atom stereocenters. The average molecular weight is 583 g/mol. The van der Waals surface area contributed by atoms with E-state index in [-0.39, 0.29) is 6.09 Å². The Bertz CT molecular complexity index is 1570. The largest absolute Gasteiger partial charge is 0.444 e. The lowest BCUT2D eigenvalue weighted by molar-refractivity contribution is 0.0198. The van der Waals surface area contributed by atoms with Crippen molar-refractivity contribution in [1.29, 1.82) is 0 Å². The van der Waals surface area contributed by atoms with Crippen molar-refractivity contribution in [3.8, 4) is 11.3 Å². The summed E-state index contributed by atoms with van der Waals surface area (Å²) in [6, 6.07) is 17.5. The summed E-state index contributed by atoms with van der Waals surface area (Å²) < 4.78 is 7.35. The van der Waals surface area contributed by atoms with Crippen molar-refractivity contribution in [2.24, 2.45) is 0 Å². The molecule has 0 bridgehead atoms. The molecule has 0 saturated carbocycles. The second-order valence-electron chi connectivity index (χ2n) is 12.7. The molecule has 3 aromatic heterocycles. The SMILES string of the molecule is CC1CCCN1c1cccc(Nc2cc(-c3cccc(CNC4CCN(C(=O)OC(C)(C)C)CC4)c3)nn3ccnc23)n1. The van der Waals surface area contributed by atoms with E-state index < -0.39 is 5.60 Å². The number of carbonyl (C=O) groups excluding carboxylic acids is 1. The number of hydrogen-bond acceptors (Lipinski definition) is 8. The normalized spacial score (nSPS) is 17.9. The smallest absolute Gasteiger partial charge is 0.410 e. The summed E-state index contributed by atoms with van der Waals surface area (Å²) in [5, 5.41) is 12.1. The fourth-order valence-corrected chi connectivity index (χ4v) is 5.91. The predicted molar refractivity (Wildman–Crippen MR) is 170 cm³/mol. The third-order valence-electron chi connectivity index (χ3n) is 8.17. The van der Waals surface area contributed by atoms with Gasteiger partial charge in [-0.3, -0.25) is 0 Å². The summed E-state index contributed by atoms with van der Waals surface area (Å²) >= 11 is 0. The molecular weight excluding hydrogens is 540 g/mol. The van der Waals surface area contributed by atoms with Crippen LogP contribution in [-0.4, -0.2) is 67.9 Å². The Hall–Kier alpha value is -4.18. The van der Waals surface area contributed by atoms with E-state index in [1.807, 2.05) is 48.5 Å². The molecule has 10 nitrogen and oxygen atoms in total. The molecule has 2 aliphatic heterocycles. The van der Waals surface area contributed by atoms with Crippen LogP contribution in [0.4, 0.5) is 22.1 Å². The van der Waals surface area contributed by atoms with Gasteiger partial charge in [-0.25, -0.2) is 19.3 Å². The van der Waals surface area contributed by atoms with Gasteiger partial charge in [0.25, 0.3) is 0 Å². The highest BCUT2D eigenvalue weighted by molar-refractivity contribution is 5.77. The van der Waals surface area contributed by atoms with E-state index in [9.17, 15) is 4.79 Å². The Morgan fingerprint density at radius 2 is 1.86 bits per heavy atom. The monoisotopic (exact) mass is 582 g/mol. The van der Waals surface area contributed by atoms with Crippen LogP contribution < -0.4 is 15.5 Å². The zero-order valence-corrected chi connectivity index (χ0v) is 25.6. The van der Waals surface area contributed by atoms with Crippen molar-refractivity contribution in [2.45, 2.75) is 77.6 Å². The van der Waals surface area contributed by atoms with E-state index in [1.165, 1.54) is 18.4 Å². The molecule has 2 N–H and O–H groups in total. The number of benzene rings is 1. The van der Waals surface area contributed by atoms with E-state index in [1.54, 1.807) is 6.20 Å². The van der Waals surface area contributed by atoms with Crippen LogP contribution in [0.15, 0.2) is 60.9 Å². The highest BCUT2D eigenvalue weighted by atomic mass is 16.6. The average Bonchev–Trinajstić information content (AvgIpc) is 3.65. The molecule has 4 aromatic rings. The van der Waals surface area contributed by atoms with Gasteiger partial charge < -0.3 is 25.2 Å². The fraction of sp³-hybridized carbons (Fsp3) is 0.455. The number of ether oxygens (including phenoxy) is 1. The molecule has 1 unspecified atom stereocenters. The van der Waals surface area contributed by atoms with Crippen LogP contribution in [-0.2, 0) is 11.3 Å². The number of likely N-dealkylation sites (tertiary alicyclic amines) is 1. The predicted octanol–water partition coefficient (Wildman–Crippen LogP) is 6.01. The number of imidazole rings is 1. The van der Waals surface area contributed by atoms with Crippen molar-refractivity contribution in [2.75, 3.05) is 29.9 Å². The number of aromatic nitrogens is 4. The van der Waals surface area contributed by atoms with Crippen molar-refractivity contribution in [3.63, 3.8) is 0 Å². The number of hydrogen-bond donors (Lipinski definition) is 2. The first-order valence-corrected chi connectivity index (χ1v) is 15.4. The molecule has 1 amide bonds.